The van der Waals surface area contributed by atoms with Crippen LogP contribution in [0, 0.1) is 13.8 Å². The molecule has 0 spiro atoms. The van der Waals surface area contributed by atoms with Crippen LogP contribution in [0.25, 0.3) is 11.0 Å². The van der Waals surface area contributed by atoms with Crippen LogP contribution in [0.2, 0.25) is 0 Å². The summed E-state index contributed by atoms with van der Waals surface area (Å²) in [5, 5.41) is 7.92. The van der Waals surface area contributed by atoms with E-state index < -0.39 is 0 Å². The smallest absolute Gasteiger partial charge is 0.160 e. The Morgan fingerprint density at radius 2 is 1.92 bits per heavy atom. The molecule has 1 aromatic carbocycles. The fourth-order valence-corrected chi connectivity index (χ4v) is 2.75. The minimum atomic E-state index is 0.231. The molecule has 2 heterocycles. The van der Waals surface area contributed by atoms with Crippen LogP contribution < -0.4 is 10.1 Å². The zero-order valence-corrected chi connectivity index (χ0v) is 15.0. The Kier molecular flexibility index (Phi) is 4.13. The molecule has 0 fully saturated rings. The van der Waals surface area contributed by atoms with Crippen LogP contribution >= 0.6 is 0 Å². The Balaban J connectivity index is 2.20. The molecule has 126 valence electrons. The molecule has 24 heavy (non-hydrogen) atoms. The van der Waals surface area contributed by atoms with Crippen molar-refractivity contribution in [2.24, 2.45) is 7.05 Å². The number of anilines is 2. The second-order valence-electron chi connectivity index (χ2n) is 6.32. The van der Waals surface area contributed by atoms with Crippen LogP contribution in [-0.2, 0) is 7.05 Å². The molecule has 3 aromatic rings. The Morgan fingerprint density at radius 3 is 2.58 bits per heavy atom. The summed E-state index contributed by atoms with van der Waals surface area (Å²) < 4.78 is 7.29. The van der Waals surface area contributed by atoms with E-state index in [1.807, 2.05) is 43.8 Å². The molecule has 3 rings (SSSR count). The van der Waals surface area contributed by atoms with Gasteiger partial charge in [-0.3, -0.25) is 4.68 Å². The fourth-order valence-electron chi connectivity index (χ4n) is 2.75. The quantitative estimate of drug-likeness (QED) is 0.789. The van der Waals surface area contributed by atoms with E-state index in [4.69, 9.17) is 14.7 Å². The molecule has 0 saturated heterocycles. The van der Waals surface area contributed by atoms with E-state index in [1.165, 1.54) is 0 Å². The standard InChI is InChI=1S/C18H23N5O/c1-10(2)17-20-15-12(4)22-23(5)16(15)18(21-17)19-13-9-11(3)7-8-14(13)24-6/h7-10H,1-6H3,(H,19,20,21). The van der Waals surface area contributed by atoms with E-state index in [2.05, 4.69) is 24.3 Å². The third-order valence-corrected chi connectivity index (χ3v) is 3.99. The van der Waals surface area contributed by atoms with Crippen molar-refractivity contribution in [3.63, 3.8) is 0 Å². The van der Waals surface area contributed by atoms with Gasteiger partial charge in [0, 0.05) is 13.0 Å². The number of rotatable bonds is 4. The van der Waals surface area contributed by atoms with Gasteiger partial charge >= 0.3 is 0 Å². The van der Waals surface area contributed by atoms with Crippen molar-refractivity contribution in [3.05, 3.63) is 35.3 Å². The Labute approximate surface area is 141 Å². The van der Waals surface area contributed by atoms with Gasteiger partial charge in [0.25, 0.3) is 0 Å². The van der Waals surface area contributed by atoms with Gasteiger partial charge in [0.2, 0.25) is 0 Å². The van der Waals surface area contributed by atoms with Crippen LogP contribution in [0.4, 0.5) is 11.5 Å². The van der Waals surface area contributed by atoms with Crippen molar-refractivity contribution in [1.29, 1.82) is 0 Å². The highest BCUT2D eigenvalue weighted by molar-refractivity contribution is 5.90. The molecular weight excluding hydrogens is 302 g/mol. The molecule has 0 amide bonds. The SMILES string of the molecule is COc1ccc(C)cc1Nc1nc(C(C)C)nc2c(C)nn(C)c12. The van der Waals surface area contributed by atoms with Gasteiger partial charge in [0.1, 0.15) is 22.6 Å². The molecule has 2 aromatic heterocycles. The largest absolute Gasteiger partial charge is 0.495 e. The molecule has 0 aliphatic heterocycles. The predicted octanol–water partition coefficient (Wildman–Crippen LogP) is 3.86. The molecule has 6 heteroatoms. The molecule has 0 aliphatic rings. The molecule has 0 saturated carbocycles. The van der Waals surface area contributed by atoms with Gasteiger partial charge in [-0.1, -0.05) is 19.9 Å². The Bertz CT molecular complexity index is 898. The fraction of sp³-hybridized carbons (Fsp3) is 0.389. The number of hydrogen-bond donors (Lipinski definition) is 1. The van der Waals surface area contributed by atoms with E-state index in [0.717, 1.165) is 45.4 Å². The van der Waals surface area contributed by atoms with Crippen molar-refractivity contribution in [2.45, 2.75) is 33.6 Å². The lowest BCUT2D eigenvalue weighted by Crippen LogP contribution is -2.05. The number of ether oxygens (including phenoxy) is 1. The average Bonchev–Trinajstić information content (AvgIpc) is 2.82. The Morgan fingerprint density at radius 1 is 1.17 bits per heavy atom. The monoisotopic (exact) mass is 325 g/mol. The van der Waals surface area contributed by atoms with Crippen molar-refractivity contribution in [1.82, 2.24) is 19.7 Å². The summed E-state index contributed by atoms with van der Waals surface area (Å²) in [6.45, 7) is 8.19. The highest BCUT2D eigenvalue weighted by atomic mass is 16.5. The van der Waals surface area contributed by atoms with Crippen molar-refractivity contribution >= 4 is 22.5 Å². The molecule has 0 radical (unpaired) electrons. The Hall–Kier alpha value is -2.63. The van der Waals surface area contributed by atoms with E-state index in [9.17, 15) is 0 Å². The first kappa shape index (κ1) is 16.2. The number of nitrogens with zero attached hydrogens (tertiary/aromatic N) is 4. The first-order chi connectivity index (χ1) is 11.4. The molecule has 0 atom stereocenters. The maximum absolute atomic E-state index is 5.47. The lowest BCUT2D eigenvalue weighted by atomic mass is 10.2. The average molecular weight is 325 g/mol. The summed E-state index contributed by atoms with van der Waals surface area (Å²) in [6, 6.07) is 6.02. The van der Waals surface area contributed by atoms with Crippen molar-refractivity contribution in [2.75, 3.05) is 12.4 Å². The van der Waals surface area contributed by atoms with Gasteiger partial charge in [-0.15, -0.1) is 0 Å². The highest BCUT2D eigenvalue weighted by Crippen LogP contribution is 2.32. The predicted molar refractivity (Wildman–Crippen MR) is 96.1 cm³/mol. The first-order valence-corrected chi connectivity index (χ1v) is 8.03. The van der Waals surface area contributed by atoms with Crippen LogP contribution in [0.1, 0.15) is 36.8 Å². The van der Waals surface area contributed by atoms with Crippen LogP contribution in [0.3, 0.4) is 0 Å². The van der Waals surface area contributed by atoms with E-state index in [-0.39, 0.29) is 5.92 Å². The molecule has 0 bridgehead atoms. The van der Waals surface area contributed by atoms with Gasteiger partial charge in [-0.25, -0.2) is 9.97 Å². The van der Waals surface area contributed by atoms with Gasteiger partial charge in [0.05, 0.1) is 18.5 Å². The lowest BCUT2D eigenvalue weighted by molar-refractivity contribution is 0.416. The van der Waals surface area contributed by atoms with Gasteiger partial charge < -0.3 is 10.1 Å². The molecular formula is C18H23N5O. The summed E-state index contributed by atoms with van der Waals surface area (Å²) in [6.07, 6.45) is 0. The normalized spacial score (nSPS) is 11.3. The molecule has 0 unspecified atom stereocenters. The number of fused-ring (bicyclic) bond motifs is 1. The number of aromatic nitrogens is 4. The second-order valence-corrected chi connectivity index (χ2v) is 6.32. The number of methoxy groups -OCH3 is 1. The first-order valence-electron chi connectivity index (χ1n) is 8.03. The summed E-state index contributed by atoms with van der Waals surface area (Å²) in [5.74, 6) is 2.55. The van der Waals surface area contributed by atoms with Crippen LogP contribution in [-0.4, -0.2) is 26.9 Å². The maximum Gasteiger partial charge on any atom is 0.160 e. The number of aryl methyl sites for hydroxylation is 3. The topological polar surface area (TPSA) is 64.9 Å². The summed E-state index contributed by atoms with van der Waals surface area (Å²) in [5.41, 5.74) is 4.70. The van der Waals surface area contributed by atoms with Gasteiger partial charge in [-0.2, -0.15) is 5.10 Å². The lowest BCUT2D eigenvalue weighted by Gasteiger charge is -2.14. The zero-order valence-electron chi connectivity index (χ0n) is 15.0. The van der Waals surface area contributed by atoms with Gasteiger partial charge in [-0.05, 0) is 31.5 Å². The van der Waals surface area contributed by atoms with Gasteiger partial charge in [0.15, 0.2) is 5.82 Å². The zero-order chi connectivity index (χ0) is 17.4. The highest BCUT2D eigenvalue weighted by Gasteiger charge is 2.17. The molecule has 6 nitrogen and oxygen atoms in total. The van der Waals surface area contributed by atoms with Crippen LogP contribution in [0.15, 0.2) is 18.2 Å². The minimum Gasteiger partial charge on any atom is -0.495 e. The van der Waals surface area contributed by atoms with Crippen LogP contribution in [0.5, 0.6) is 5.75 Å². The van der Waals surface area contributed by atoms with E-state index in [0.29, 0.717) is 0 Å². The third-order valence-electron chi connectivity index (χ3n) is 3.99. The number of nitrogens with one attached hydrogen (secondary N) is 1. The van der Waals surface area contributed by atoms with E-state index in [1.54, 1.807) is 7.11 Å². The maximum atomic E-state index is 5.47. The number of benzene rings is 1. The number of hydrogen-bond acceptors (Lipinski definition) is 5. The van der Waals surface area contributed by atoms with Crippen molar-refractivity contribution in [3.8, 4) is 5.75 Å². The third kappa shape index (κ3) is 2.79. The second kappa shape index (κ2) is 6.11. The summed E-state index contributed by atoms with van der Waals surface area (Å²) in [4.78, 5) is 9.43. The molecule has 1 N–H and O–H groups in total. The minimum absolute atomic E-state index is 0.231. The van der Waals surface area contributed by atoms with E-state index >= 15 is 0 Å². The summed E-state index contributed by atoms with van der Waals surface area (Å²) in [7, 11) is 3.57. The molecule has 0 aliphatic carbocycles. The summed E-state index contributed by atoms with van der Waals surface area (Å²) >= 11 is 0. The van der Waals surface area contributed by atoms with Crippen molar-refractivity contribution < 1.29 is 4.74 Å².